The molecule has 3 rings (SSSR count). The average Bonchev–Trinajstić information content (AvgIpc) is 3.04. The van der Waals surface area contributed by atoms with Crippen LogP contribution in [0.1, 0.15) is 6.42 Å². The van der Waals surface area contributed by atoms with E-state index in [1.165, 1.54) is 10.8 Å². The molecule has 0 saturated heterocycles. The smallest absolute Gasteiger partial charge is 0.329 e. The van der Waals surface area contributed by atoms with Gasteiger partial charge in [0.25, 0.3) is 5.56 Å². The van der Waals surface area contributed by atoms with Crippen molar-refractivity contribution in [1.29, 1.82) is 0 Å². The molecule has 7 heteroatoms. The minimum Gasteiger partial charge on any atom is -0.464 e. The van der Waals surface area contributed by atoms with Crippen LogP contribution in [0.15, 0.2) is 44.7 Å². The quantitative estimate of drug-likeness (QED) is 0.719. The molecular formula is C15H15N3O4. The Labute approximate surface area is 125 Å². The molecule has 0 aliphatic heterocycles. The van der Waals surface area contributed by atoms with Gasteiger partial charge in [0.1, 0.15) is 11.4 Å². The largest absolute Gasteiger partial charge is 0.464 e. The molecular weight excluding hydrogens is 286 g/mol. The van der Waals surface area contributed by atoms with Crippen LogP contribution in [0.5, 0.6) is 0 Å². The molecule has 0 fully saturated rings. The highest BCUT2D eigenvalue weighted by Crippen LogP contribution is 2.24. The van der Waals surface area contributed by atoms with Gasteiger partial charge in [0.05, 0.1) is 11.6 Å². The second kappa shape index (κ2) is 5.98. The fraction of sp³-hybridized carbons (Fsp3) is 0.267. The van der Waals surface area contributed by atoms with E-state index in [4.69, 9.17) is 9.15 Å². The molecule has 0 saturated carbocycles. The Hall–Kier alpha value is -2.67. The lowest BCUT2D eigenvalue weighted by Crippen LogP contribution is -2.31. The SMILES string of the molecule is COCCCn1c(=O)[nH]c(=O)c2c(-c3ccco3)ccnc21. The van der Waals surface area contributed by atoms with E-state index in [1.807, 2.05) is 0 Å². The van der Waals surface area contributed by atoms with Crippen molar-refractivity contribution in [3.63, 3.8) is 0 Å². The summed E-state index contributed by atoms with van der Waals surface area (Å²) in [5.41, 5.74) is 0.00989. The van der Waals surface area contributed by atoms with Gasteiger partial charge in [0.2, 0.25) is 0 Å². The number of H-pyrrole nitrogens is 1. The number of fused-ring (bicyclic) bond motifs is 1. The third kappa shape index (κ3) is 2.46. The number of nitrogens with one attached hydrogen (secondary N) is 1. The molecule has 3 aromatic heterocycles. The number of methoxy groups -OCH3 is 1. The molecule has 0 aliphatic carbocycles. The van der Waals surface area contributed by atoms with Crippen LogP contribution < -0.4 is 11.2 Å². The van der Waals surface area contributed by atoms with E-state index >= 15 is 0 Å². The number of aryl methyl sites for hydroxylation is 1. The van der Waals surface area contributed by atoms with Crippen LogP contribution in [0.4, 0.5) is 0 Å². The number of pyridine rings is 1. The Morgan fingerprint density at radius 2 is 2.23 bits per heavy atom. The van der Waals surface area contributed by atoms with E-state index in [-0.39, 0.29) is 0 Å². The number of nitrogens with zero attached hydrogens (tertiary/aromatic N) is 2. The normalized spacial score (nSPS) is 11.1. The van der Waals surface area contributed by atoms with Crippen LogP contribution in [0.2, 0.25) is 0 Å². The Kier molecular flexibility index (Phi) is 3.88. The molecule has 0 radical (unpaired) electrons. The van der Waals surface area contributed by atoms with E-state index < -0.39 is 11.2 Å². The molecule has 0 unspecified atom stereocenters. The number of hydrogen-bond donors (Lipinski definition) is 1. The number of furan rings is 1. The summed E-state index contributed by atoms with van der Waals surface area (Å²) in [6.45, 7) is 0.930. The molecule has 114 valence electrons. The van der Waals surface area contributed by atoms with Crippen molar-refractivity contribution in [2.24, 2.45) is 0 Å². The van der Waals surface area contributed by atoms with Crippen LogP contribution in [-0.4, -0.2) is 28.3 Å². The number of ether oxygens (including phenoxy) is 1. The highest BCUT2D eigenvalue weighted by atomic mass is 16.5. The minimum absolute atomic E-state index is 0.342. The molecule has 0 bridgehead atoms. The zero-order valence-corrected chi connectivity index (χ0v) is 12.0. The first-order chi connectivity index (χ1) is 10.7. The van der Waals surface area contributed by atoms with Crippen LogP contribution >= 0.6 is 0 Å². The lowest BCUT2D eigenvalue weighted by atomic mass is 10.1. The summed E-state index contributed by atoms with van der Waals surface area (Å²) >= 11 is 0. The summed E-state index contributed by atoms with van der Waals surface area (Å²) in [6, 6.07) is 5.19. The highest BCUT2D eigenvalue weighted by Gasteiger charge is 2.14. The maximum absolute atomic E-state index is 12.2. The molecule has 0 amide bonds. The van der Waals surface area contributed by atoms with Crippen molar-refractivity contribution in [3.05, 3.63) is 51.5 Å². The monoisotopic (exact) mass is 301 g/mol. The maximum atomic E-state index is 12.2. The minimum atomic E-state index is -0.474. The zero-order valence-electron chi connectivity index (χ0n) is 12.0. The summed E-state index contributed by atoms with van der Waals surface area (Å²) in [5, 5.41) is 0.342. The van der Waals surface area contributed by atoms with Gasteiger partial charge in [-0.2, -0.15) is 0 Å². The fourth-order valence-corrected chi connectivity index (χ4v) is 2.41. The third-order valence-electron chi connectivity index (χ3n) is 3.40. The summed E-state index contributed by atoms with van der Waals surface area (Å²) < 4.78 is 11.8. The summed E-state index contributed by atoms with van der Waals surface area (Å²) in [5.74, 6) is 0.556. The number of rotatable bonds is 5. The zero-order chi connectivity index (χ0) is 15.5. The standard InChI is InChI=1S/C15H15N3O4/c1-21-8-3-7-18-13-12(14(19)17-15(18)20)10(5-6-16-13)11-4-2-9-22-11/h2,4-6,9H,3,7-8H2,1H3,(H,17,19,20). The first kappa shape index (κ1) is 14.3. The van der Waals surface area contributed by atoms with Gasteiger partial charge in [-0.25, -0.2) is 9.78 Å². The molecule has 0 aliphatic rings. The molecule has 7 nitrogen and oxygen atoms in total. The second-order valence-corrected chi connectivity index (χ2v) is 4.79. The van der Waals surface area contributed by atoms with Gasteiger partial charge in [-0.15, -0.1) is 0 Å². The Balaban J connectivity index is 2.24. The van der Waals surface area contributed by atoms with Gasteiger partial charge in [0.15, 0.2) is 0 Å². The van der Waals surface area contributed by atoms with E-state index in [0.29, 0.717) is 41.9 Å². The van der Waals surface area contributed by atoms with E-state index in [1.54, 1.807) is 31.5 Å². The molecule has 1 N–H and O–H groups in total. The van der Waals surface area contributed by atoms with E-state index in [0.717, 1.165) is 0 Å². The van der Waals surface area contributed by atoms with Crippen LogP contribution in [-0.2, 0) is 11.3 Å². The molecule has 0 aromatic carbocycles. The van der Waals surface area contributed by atoms with Gasteiger partial charge in [0, 0.05) is 32.0 Å². The van der Waals surface area contributed by atoms with E-state index in [2.05, 4.69) is 9.97 Å². The average molecular weight is 301 g/mol. The van der Waals surface area contributed by atoms with Crippen molar-refractivity contribution in [3.8, 4) is 11.3 Å². The fourth-order valence-electron chi connectivity index (χ4n) is 2.41. The number of hydrogen-bond acceptors (Lipinski definition) is 5. The molecule has 3 heterocycles. The molecule has 22 heavy (non-hydrogen) atoms. The summed E-state index contributed by atoms with van der Waals surface area (Å²) in [6.07, 6.45) is 3.74. The summed E-state index contributed by atoms with van der Waals surface area (Å²) in [7, 11) is 1.60. The van der Waals surface area contributed by atoms with Crippen molar-refractivity contribution in [1.82, 2.24) is 14.5 Å². The van der Waals surface area contributed by atoms with Crippen molar-refractivity contribution in [2.45, 2.75) is 13.0 Å². The number of aromatic nitrogens is 3. The Bertz CT molecular complexity index is 893. The molecule has 3 aromatic rings. The van der Waals surface area contributed by atoms with Gasteiger partial charge in [-0.3, -0.25) is 14.3 Å². The van der Waals surface area contributed by atoms with E-state index in [9.17, 15) is 9.59 Å². The van der Waals surface area contributed by atoms with Crippen LogP contribution in [0, 0.1) is 0 Å². The molecule has 0 spiro atoms. The topological polar surface area (TPSA) is 90.1 Å². The Morgan fingerprint density at radius 1 is 1.36 bits per heavy atom. The third-order valence-corrected chi connectivity index (χ3v) is 3.40. The maximum Gasteiger partial charge on any atom is 0.329 e. The predicted molar refractivity (Wildman–Crippen MR) is 80.8 cm³/mol. The summed E-state index contributed by atoms with van der Waals surface area (Å²) in [4.78, 5) is 30.8. The van der Waals surface area contributed by atoms with Crippen molar-refractivity contribution < 1.29 is 9.15 Å². The number of aromatic amines is 1. The predicted octanol–water partition coefficient (Wildman–Crippen LogP) is 1.38. The first-order valence-corrected chi connectivity index (χ1v) is 6.87. The van der Waals surface area contributed by atoms with Gasteiger partial charge >= 0.3 is 5.69 Å². The first-order valence-electron chi connectivity index (χ1n) is 6.87. The van der Waals surface area contributed by atoms with Gasteiger partial charge in [-0.1, -0.05) is 0 Å². The Morgan fingerprint density at radius 3 is 2.95 bits per heavy atom. The highest BCUT2D eigenvalue weighted by molar-refractivity contribution is 5.90. The van der Waals surface area contributed by atoms with Gasteiger partial charge in [-0.05, 0) is 24.6 Å². The van der Waals surface area contributed by atoms with Crippen LogP contribution in [0.3, 0.4) is 0 Å². The molecule has 0 atom stereocenters. The lowest BCUT2D eigenvalue weighted by molar-refractivity contribution is 0.190. The van der Waals surface area contributed by atoms with Crippen molar-refractivity contribution >= 4 is 11.0 Å². The second-order valence-electron chi connectivity index (χ2n) is 4.79. The lowest BCUT2D eigenvalue weighted by Gasteiger charge is -2.10. The van der Waals surface area contributed by atoms with Crippen LogP contribution in [0.25, 0.3) is 22.4 Å². The van der Waals surface area contributed by atoms with Gasteiger partial charge < -0.3 is 9.15 Å². The van der Waals surface area contributed by atoms with Crippen molar-refractivity contribution in [2.75, 3.05) is 13.7 Å².